The van der Waals surface area contributed by atoms with Crippen LogP contribution < -0.4 is 26.6 Å². The van der Waals surface area contributed by atoms with Gasteiger partial charge in [-0.2, -0.15) is 11.8 Å². The Morgan fingerprint density at radius 1 is 1.04 bits per heavy atom. The van der Waals surface area contributed by atoms with Crippen molar-refractivity contribution in [3.8, 4) is 0 Å². The molecule has 3 unspecified atom stereocenters. The van der Waals surface area contributed by atoms with E-state index in [1.54, 1.807) is 19.4 Å². The molecule has 0 bridgehead atoms. The number of carbonyl (C=O) groups excluding carboxylic acids is 4. The third kappa shape index (κ3) is 13.0. The summed E-state index contributed by atoms with van der Waals surface area (Å²) in [5.41, 5.74) is 0.296. The van der Waals surface area contributed by atoms with E-state index < -0.39 is 0 Å². The smallest absolute Gasteiger partial charge is 0.315 e. The second kappa shape index (κ2) is 20.7. The number of fused-ring (bicyclic) bond motifs is 1. The molecule has 4 rings (SSSR count). The maximum absolute atomic E-state index is 12.6. The van der Waals surface area contributed by atoms with Crippen molar-refractivity contribution in [2.24, 2.45) is 5.92 Å². The number of unbranched alkanes of at least 4 members (excludes halogenated alkanes) is 1. The van der Waals surface area contributed by atoms with Gasteiger partial charge in [-0.1, -0.05) is 20.3 Å². The Kier molecular flexibility index (Phi) is 16.4. The van der Waals surface area contributed by atoms with E-state index in [-0.39, 0.29) is 60.6 Å². The molecule has 5 amide bonds. The van der Waals surface area contributed by atoms with Crippen LogP contribution in [0, 0.1) is 5.92 Å². The van der Waals surface area contributed by atoms with E-state index in [9.17, 15) is 19.2 Å². The zero-order valence-corrected chi connectivity index (χ0v) is 29.9. The van der Waals surface area contributed by atoms with Crippen molar-refractivity contribution in [1.29, 1.82) is 0 Å². The summed E-state index contributed by atoms with van der Waals surface area (Å²) in [6, 6.07) is 0.0163. The van der Waals surface area contributed by atoms with Gasteiger partial charge >= 0.3 is 6.03 Å². The Hall–Kier alpha value is -2.92. The number of nitrogens with zero attached hydrogens (tertiary/aromatic N) is 2. The molecule has 1 aromatic heterocycles. The first-order valence-corrected chi connectivity index (χ1v) is 18.7. The molecule has 3 fully saturated rings. The van der Waals surface area contributed by atoms with Crippen LogP contribution in [0.3, 0.4) is 0 Å². The first-order valence-electron chi connectivity index (χ1n) is 17.7. The molecule has 16 heteroatoms. The van der Waals surface area contributed by atoms with Crippen molar-refractivity contribution < 1.29 is 38.1 Å². The molecule has 4 heterocycles. The van der Waals surface area contributed by atoms with E-state index in [1.807, 2.05) is 16.3 Å². The second-order valence-electron chi connectivity index (χ2n) is 13.0. The van der Waals surface area contributed by atoms with Crippen molar-refractivity contribution in [2.45, 2.75) is 101 Å². The fraction of sp³-hybridized carbons (Fsp3) is 0.788. The number of ether oxygens (including phenoxy) is 4. The number of urea groups is 1. The number of hydrogen-bond acceptors (Lipinski definition) is 10. The predicted molar refractivity (Wildman–Crippen MR) is 184 cm³/mol. The summed E-state index contributed by atoms with van der Waals surface area (Å²) < 4.78 is 24.4. The molecule has 0 saturated carbocycles. The summed E-state index contributed by atoms with van der Waals surface area (Å²) in [7, 11) is 0. The highest BCUT2D eigenvalue weighted by Crippen LogP contribution is 2.35. The number of carbonyl (C=O) groups is 4. The highest BCUT2D eigenvalue weighted by molar-refractivity contribution is 8.00. The molecule has 0 radical (unpaired) electrons. The minimum absolute atomic E-state index is 0.0245. The van der Waals surface area contributed by atoms with Gasteiger partial charge in [0.15, 0.2) is 0 Å². The lowest BCUT2D eigenvalue weighted by Gasteiger charge is -2.16. The number of rotatable bonds is 23. The van der Waals surface area contributed by atoms with Gasteiger partial charge in [0, 0.05) is 55.1 Å². The summed E-state index contributed by atoms with van der Waals surface area (Å²) in [6.07, 6.45) is 8.78. The van der Waals surface area contributed by atoms with E-state index in [1.165, 1.54) is 0 Å². The lowest BCUT2D eigenvalue weighted by Crippen LogP contribution is -2.38. The number of aromatic nitrogens is 2. The molecule has 1 aromatic rings. The van der Waals surface area contributed by atoms with Gasteiger partial charge < -0.3 is 50.1 Å². The minimum Gasteiger partial charge on any atom is -0.377 e. The zero-order valence-electron chi connectivity index (χ0n) is 29.1. The topological polar surface area (TPSA) is 183 Å². The fourth-order valence-electron chi connectivity index (χ4n) is 6.27. The van der Waals surface area contributed by atoms with Crippen molar-refractivity contribution in [1.82, 2.24) is 36.1 Å². The molecule has 3 saturated heterocycles. The molecular weight excluding hydrogens is 654 g/mol. The molecule has 0 aromatic carbocycles. The molecule has 7 atom stereocenters. The quantitative estimate of drug-likeness (QED) is 0.0829. The molecule has 276 valence electrons. The number of hydrogen-bond donors (Lipinski definition) is 5. The average molecular weight is 710 g/mol. The van der Waals surface area contributed by atoms with Gasteiger partial charge in [-0.3, -0.25) is 14.4 Å². The minimum atomic E-state index is -0.362. The third-order valence-corrected chi connectivity index (χ3v) is 10.4. The van der Waals surface area contributed by atoms with E-state index >= 15 is 0 Å². The van der Waals surface area contributed by atoms with Crippen molar-refractivity contribution in [2.75, 3.05) is 58.5 Å². The van der Waals surface area contributed by atoms with E-state index in [0.717, 1.165) is 37.9 Å². The van der Waals surface area contributed by atoms with Crippen LogP contribution in [0.25, 0.3) is 0 Å². The van der Waals surface area contributed by atoms with Crippen LogP contribution in [0.15, 0.2) is 12.5 Å². The van der Waals surface area contributed by atoms with Crippen LogP contribution in [-0.2, 0) is 28.5 Å². The SMILES string of the molecule is CC[C@@H]1C[C@H](C)[C@H](n2cnc(C(=O)N[C@H](C)CC(=O)NCCOCCOCCOCCNC(=O)CCCCC3SCC4NC(=O)NC43)c2)O1. The summed E-state index contributed by atoms with van der Waals surface area (Å²) in [5, 5.41) is 14.9. The van der Waals surface area contributed by atoms with Gasteiger partial charge in [0.1, 0.15) is 11.9 Å². The molecule has 3 aliphatic heterocycles. The largest absolute Gasteiger partial charge is 0.377 e. The molecule has 0 spiro atoms. The van der Waals surface area contributed by atoms with Crippen molar-refractivity contribution in [3.63, 3.8) is 0 Å². The fourth-order valence-corrected chi connectivity index (χ4v) is 7.81. The van der Waals surface area contributed by atoms with Crippen LogP contribution in [0.2, 0.25) is 0 Å². The standard InChI is InChI=1S/C33H55N7O8S/c1-4-24-17-22(2)32(48-24)40-19-25(36-21-40)31(43)37-23(3)18-29(42)35-10-12-46-14-16-47-15-13-45-11-9-34-28(41)8-6-5-7-27-30-26(20-49-27)38-33(44)39-30/h19,21-24,26-27,30,32H,4-18,20H2,1-3H3,(H,34,41)(H,35,42)(H,37,43)(H2,38,39,44)/t22-,23+,24+,26?,27?,30?,32+/m0/s1. The second-order valence-corrected chi connectivity index (χ2v) is 14.2. The molecular formula is C33H55N7O8S. The zero-order chi connectivity index (χ0) is 35.0. The number of imidazole rings is 1. The normalized spacial score (nSPS) is 25.0. The number of thioether (sulfide) groups is 1. The number of amides is 5. The highest BCUT2D eigenvalue weighted by Gasteiger charge is 2.42. The average Bonchev–Trinajstić information content (AvgIpc) is 3.86. The number of nitrogens with one attached hydrogen (secondary N) is 5. The first-order chi connectivity index (χ1) is 23.7. The van der Waals surface area contributed by atoms with Gasteiger partial charge in [0.05, 0.1) is 64.2 Å². The van der Waals surface area contributed by atoms with E-state index in [4.69, 9.17) is 18.9 Å². The summed E-state index contributed by atoms with van der Waals surface area (Å²) in [5.74, 6) is 0.809. The lowest BCUT2D eigenvalue weighted by atomic mass is 10.0. The maximum atomic E-state index is 12.6. The Balaban J connectivity index is 0.897. The third-order valence-electron chi connectivity index (χ3n) is 8.87. The van der Waals surface area contributed by atoms with Crippen LogP contribution in [0.1, 0.15) is 82.4 Å². The van der Waals surface area contributed by atoms with E-state index in [2.05, 4.69) is 45.4 Å². The molecule has 49 heavy (non-hydrogen) atoms. The predicted octanol–water partition coefficient (Wildman–Crippen LogP) is 1.73. The monoisotopic (exact) mass is 709 g/mol. The highest BCUT2D eigenvalue weighted by atomic mass is 32.2. The van der Waals surface area contributed by atoms with Gasteiger partial charge in [-0.05, 0) is 32.6 Å². The summed E-state index contributed by atoms with van der Waals surface area (Å²) in [4.78, 5) is 52.7. The van der Waals surface area contributed by atoms with E-state index in [0.29, 0.717) is 76.0 Å². The van der Waals surface area contributed by atoms with Gasteiger partial charge in [-0.25, -0.2) is 9.78 Å². The lowest BCUT2D eigenvalue weighted by molar-refractivity contribution is -0.122. The summed E-state index contributed by atoms with van der Waals surface area (Å²) >= 11 is 1.89. The molecule has 0 aliphatic carbocycles. The Bertz CT molecular complexity index is 1210. The summed E-state index contributed by atoms with van der Waals surface area (Å²) in [6.45, 7) is 9.23. The molecule has 5 N–H and O–H groups in total. The molecule has 3 aliphatic rings. The maximum Gasteiger partial charge on any atom is 0.315 e. The Labute approximate surface area is 293 Å². The van der Waals surface area contributed by atoms with Crippen LogP contribution >= 0.6 is 11.8 Å². The van der Waals surface area contributed by atoms with Crippen LogP contribution in [-0.4, -0.2) is 121 Å². The first kappa shape index (κ1) is 38.9. The Morgan fingerprint density at radius 3 is 2.43 bits per heavy atom. The van der Waals surface area contributed by atoms with Crippen LogP contribution in [0.5, 0.6) is 0 Å². The Morgan fingerprint density at radius 2 is 1.73 bits per heavy atom. The van der Waals surface area contributed by atoms with Gasteiger partial charge in [0.2, 0.25) is 11.8 Å². The van der Waals surface area contributed by atoms with Gasteiger partial charge in [0.25, 0.3) is 5.91 Å². The van der Waals surface area contributed by atoms with Crippen LogP contribution in [0.4, 0.5) is 4.79 Å². The van der Waals surface area contributed by atoms with Gasteiger partial charge in [-0.15, -0.1) is 0 Å². The van der Waals surface area contributed by atoms with Crippen molar-refractivity contribution >= 4 is 35.5 Å². The van der Waals surface area contributed by atoms with Crippen molar-refractivity contribution in [3.05, 3.63) is 18.2 Å². The molecule has 15 nitrogen and oxygen atoms in total.